The van der Waals surface area contributed by atoms with Crippen LogP contribution < -0.4 is 9.64 Å². The molecule has 0 amide bonds. The molecule has 2 aromatic carbocycles. The van der Waals surface area contributed by atoms with Crippen LogP contribution in [0.4, 0.5) is 5.69 Å². The van der Waals surface area contributed by atoms with E-state index in [0.717, 1.165) is 61.5 Å². The molecule has 1 fully saturated rings. The number of ether oxygens (including phenoxy) is 2. The highest BCUT2D eigenvalue weighted by atomic mass is 35.5. The van der Waals surface area contributed by atoms with E-state index in [1.165, 1.54) is 11.1 Å². The SMILES string of the molecule is CC(C)(C)OC(=O)c1ccc2c(c1)N(C[C@@H]1CC[C@H]1C=O)CC1(CCc3cc(Cl)ccc31)CO2. The van der Waals surface area contributed by atoms with Crippen molar-refractivity contribution < 1.29 is 19.1 Å². The largest absolute Gasteiger partial charge is 0.490 e. The number of carbonyl (C=O) groups excluding carboxylic acids is 2. The first kappa shape index (κ1) is 23.2. The topological polar surface area (TPSA) is 55.8 Å². The molecule has 3 aliphatic rings. The number of benzene rings is 2. The van der Waals surface area contributed by atoms with E-state index in [1.54, 1.807) is 6.07 Å². The maximum atomic E-state index is 12.8. The van der Waals surface area contributed by atoms with Crippen molar-refractivity contribution in [2.24, 2.45) is 11.8 Å². The third-order valence-corrected chi connectivity index (χ3v) is 7.78. The van der Waals surface area contributed by atoms with Crippen LogP contribution in [-0.4, -0.2) is 37.6 Å². The second-order valence-corrected chi connectivity index (χ2v) is 11.5. The Morgan fingerprint density at radius 1 is 1.24 bits per heavy atom. The minimum atomic E-state index is -0.567. The van der Waals surface area contributed by atoms with Crippen LogP contribution in [0.5, 0.6) is 5.75 Å². The molecule has 2 aliphatic carbocycles. The van der Waals surface area contributed by atoms with Gasteiger partial charge in [-0.3, -0.25) is 0 Å². The lowest BCUT2D eigenvalue weighted by atomic mass is 9.74. The molecule has 1 heterocycles. The van der Waals surface area contributed by atoms with Gasteiger partial charge in [-0.2, -0.15) is 0 Å². The fraction of sp³-hybridized carbons (Fsp3) is 0.500. The van der Waals surface area contributed by atoms with Gasteiger partial charge in [-0.05, 0) is 93.8 Å². The van der Waals surface area contributed by atoms with Crippen LogP contribution in [0, 0.1) is 11.8 Å². The van der Waals surface area contributed by atoms with Gasteiger partial charge >= 0.3 is 5.97 Å². The predicted molar refractivity (Wildman–Crippen MR) is 133 cm³/mol. The smallest absolute Gasteiger partial charge is 0.338 e. The van der Waals surface area contributed by atoms with Crippen molar-refractivity contribution in [3.8, 4) is 5.75 Å². The Bertz CT molecular complexity index is 1120. The van der Waals surface area contributed by atoms with E-state index in [9.17, 15) is 9.59 Å². The van der Waals surface area contributed by atoms with E-state index in [4.69, 9.17) is 21.1 Å². The molecule has 34 heavy (non-hydrogen) atoms. The number of aryl methyl sites for hydroxylation is 1. The highest BCUT2D eigenvalue weighted by Gasteiger charge is 2.44. The van der Waals surface area contributed by atoms with Crippen LogP contribution in [0.1, 0.15) is 61.5 Å². The first-order valence-corrected chi connectivity index (χ1v) is 12.5. The molecule has 6 heteroatoms. The Morgan fingerprint density at radius 3 is 2.76 bits per heavy atom. The molecule has 5 rings (SSSR count). The summed E-state index contributed by atoms with van der Waals surface area (Å²) in [5.74, 6) is 0.849. The lowest BCUT2D eigenvalue weighted by Crippen LogP contribution is -2.46. The van der Waals surface area contributed by atoms with E-state index in [2.05, 4.69) is 17.0 Å². The van der Waals surface area contributed by atoms with Gasteiger partial charge in [-0.25, -0.2) is 4.79 Å². The van der Waals surface area contributed by atoms with Crippen LogP contribution >= 0.6 is 11.6 Å². The molecular formula is C28H32ClNO4. The number of aldehydes is 1. The standard InChI is InChI=1S/C28H32ClNO4/c1-27(2,3)34-26(32)19-6-9-25-24(13-19)30(14-20-4-5-21(20)15-31)16-28(17-33-25)11-10-18-12-22(29)7-8-23(18)28/h6-9,12-13,15,20-21H,4-5,10-11,14,16-17H2,1-3H3/t20-,21-,28?/m0/s1. The fourth-order valence-corrected chi connectivity index (χ4v) is 5.81. The van der Waals surface area contributed by atoms with Crippen molar-refractivity contribution >= 4 is 29.5 Å². The van der Waals surface area contributed by atoms with Gasteiger partial charge in [0.2, 0.25) is 0 Å². The van der Waals surface area contributed by atoms with Crippen LogP contribution in [0.2, 0.25) is 5.02 Å². The summed E-state index contributed by atoms with van der Waals surface area (Å²) in [4.78, 5) is 26.7. The molecule has 2 aromatic rings. The maximum Gasteiger partial charge on any atom is 0.338 e. The average molecular weight is 482 g/mol. The van der Waals surface area contributed by atoms with Gasteiger partial charge < -0.3 is 19.2 Å². The summed E-state index contributed by atoms with van der Waals surface area (Å²) in [6, 6.07) is 11.7. The number of carbonyl (C=O) groups is 2. The van der Waals surface area contributed by atoms with Crippen LogP contribution in [0.15, 0.2) is 36.4 Å². The van der Waals surface area contributed by atoms with Gasteiger partial charge in [-0.1, -0.05) is 17.7 Å². The quantitative estimate of drug-likeness (QED) is 0.420. The lowest BCUT2D eigenvalue weighted by molar-refractivity contribution is -0.115. The second kappa shape index (κ2) is 8.60. The Balaban J connectivity index is 1.52. The number of anilines is 1. The monoisotopic (exact) mass is 481 g/mol. The highest BCUT2D eigenvalue weighted by molar-refractivity contribution is 6.30. The molecule has 0 saturated heterocycles. The zero-order valence-electron chi connectivity index (χ0n) is 20.1. The summed E-state index contributed by atoms with van der Waals surface area (Å²) in [6.07, 6.45) is 5.04. The van der Waals surface area contributed by atoms with Crippen molar-refractivity contribution in [2.45, 2.75) is 57.5 Å². The molecule has 1 spiro atoms. The summed E-state index contributed by atoms with van der Waals surface area (Å²) in [5.41, 5.74) is 3.26. The van der Waals surface area contributed by atoms with Crippen LogP contribution in [0.25, 0.3) is 0 Å². The minimum Gasteiger partial charge on any atom is -0.490 e. The predicted octanol–water partition coefficient (Wildman–Crippen LogP) is 5.60. The van der Waals surface area contributed by atoms with E-state index < -0.39 is 5.60 Å². The molecule has 0 bridgehead atoms. The number of hydrogen-bond acceptors (Lipinski definition) is 5. The van der Waals surface area contributed by atoms with Gasteiger partial charge in [0.05, 0.1) is 17.9 Å². The van der Waals surface area contributed by atoms with Gasteiger partial charge in [0.15, 0.2) is 0 Å². The van der Waals surface area contributed by atoms with Gasteiger partial charge in [0.1, 0.15) is 17.6 Å². The molecular weight excluding hydrogens is 450 g/mol. The maximum absolute atomic E-state index is 12.8. The number of esters is 1. The minimum absolute atomic E-state index is 0.104. The molecule has 3 atom stereocenters. The third kappa shape index (κ3) is 4.31. The molecule has 1 saturated carbocycles. The van der Waals surface area contributed by atoms with Gasteiger partial charge in [-0.15, -0.1) is 0 Å². The molecule has 0 radical (unpaired) electrons. The first-order chi connectivity index (χ1) is 16.2. The molecule has 5 nitrogen and oxygen atoms in total. The molecule has 1 aliphatic heterocycles. The summed E-state index contributed by atoms with van der Waals surface area (Å²) in [7, 11) is 0. The molecule has 180 valence electrons. The summed E-state index contributed by atoms with van der Waals surface area (Å²) in [5, 5.41) is 0.760. The summed E-state index contributed by atoms with van der Waals surface area (Å²) < 4.78 is 12.1. The van der Waals surface area contributed by atoms with E-state index in [1.807, 2.05) is 39.0 Å². The van der Waals surface area contributed by atoms with Crippen molar-refractivity contribution in [2.75, 3.05) is 24.6 Å². The fourth-order valence-electron chi connectivity index (χ4n) is 5.62. The molecule has 0 N–H and O–H groups in total. The van der Waals surface area contributed by atoms with Gasteiger partial charge in [0, 0.05) is 29.4 Å². The average Bonchev–Trinajstić information content (AvgIpc) is 3.01. The molecule has 0 aromatic heterocycles. The second-order valence-electron chi connectivity index (χ2n) is 11.1. The Kier molecular flexibility index (Phi) is 5.87. The lowest BCUT2D eigenvalue weighted by Gasteiger charge is -2.40. The number of nitrogens with zero attached hydrogens (tertiary/aromatic N) is 1. The number of rotatable bonds is 4. The number of fused-ring (bicyclic) bond motifs is 3. The normalized spacial score (nSPS) is 25.6. The number of halogens is 1. The van der Waals surface area contributed by atoms with Crippen molar-refractivity contribution in [1.29, 1.82) is 0 Å². The number of hydrogen-bond donors (Lipinski definition) is 0. The van der Waals surface area contributed by atoms with Gasteiger partial charge in [0.25, 0.3) is 0 Å². The summed E-state index contributed by atoms with van der Waals surface area (Å²) in [6.45, 7) is 7.71. The van der Waals surface area contributed by atoms with Crippen molar-refractivity contribution in [1.82, 2.24) is 0 Å². The highest BCUT2D eigenvalue weighted by Crippen LogP contribution is 2.46. The van der Waals surface area contributed by atoms with E-state index in [0.29, 0.717) is 18.1 Å². The van der Waals surface area contributed by atoms with E-state index in [-0.39, 0.29) is 17.3 Å². The van der Waals surface area contributed by atoms with Crippen molar-refractivity contribution in [3.05, 3.63) is 58.1 Å². The Hall–Kier alpha value is -2.53. The third-order valence-electron chi connectivity index (χ3n) is 7.55. The van der Waals surface area contributed by atoms with Crippen LogP contribution in [0.3, 0.4) is 0 Å². The zero-order valence-corrected chi connectivity index (χ0v) is 20.9. The first-order valence-electron chi connectivity index (χ1n) is 12.2. The summed E-state index contributed by atoms with van der Waals surface area (Å²) >= 11 is 6.29. The Morgan fingerprint density at radius 2 is 2.06 bits per heavy atom. The van der Waals surface area contributed by atoms with Crippen LogP contribution in [-0.2, 0) is 21.4 Å². The van der Waals surface area contributed by atoms with E-state index >= 15 is 0 Å². The zero-order chi connectivity index (χ0) is 24.1. The Labute approximate surface area is 206 Å². The molecule has 1 unspecified atom stereocenters. The van der Waals surface area contributed by atoms with Crippen molar-refractivity contribution in [3.63, 3.8) is 0 Å².